The van der Waals surface area contributed by atoms with Crippen LogP contribution in [0, 0.1) is 0 Å². The first kappa shape index (κ1) is 16.8. The van der Waals surface area contributed by atoms with Gasteiger partial charge in [0.1, 0.15) is 12.4 Å². The predicted molar refractivity (Wildman–Crippen MR) is 89.9 cm³/mol. The van der Waals surface area contributed by atoms with Crippen molar-refractivity contribution in [2.45, 2.75) is 51.2 Å². The Morgan fingerprint density at radius 3 is 2.48 bits per heavy atom. The minimum absolute atomic E-state index is 0.415. The zero-order chi connectivity index (χ0) is 14.9. The molecule has 1 saturated carbocycles. The Morgan fingerprint density at radius 1 is 1.10 bits per heavy atom. The van der Waals surface area contributed by atoms with Crippen LogP contribution in [0.3, 0.4) is 0 Å². The lowest BCUT2D eigenvalue weighted by molar-refractivity contribution is 0.00804. The molecule has 1 aromatic rings. The molecule has 0 amide bonds. The molecule has 0 aromatic heterocycles. The third-order valence-electron chi connectivity index (χ3n) is 3.88. The van der Waals surface area contributed by atoms with Crippen LogP contribution in [0.2, 0.25) is 0 Å². The van der Waals surface area contributed by atoms with E-state index in [0.29, 0.717) is 25.4 Å². The van der Waals surface area contributed by atoms with Gasteiger partial charge in [0.25, 0.3) is 0 Å². The van der Waals surface area contributed by atoms with E-state index in [0.717, 1.165) is 16.8 Å². The van der Waals surface area contributed by atoms with E-state index in [9.17, 15) is 0 Å². The maximum absolute atomic E-state index is 5.92. The van der Waals surface area contributed by atoms with Crippen LogP contribution in [-0.2, 0) is 4.74 Å². The Hall–Kier alpha value is -0.580. The fraction of sp³-hybridized carbons (Fsp3) is 0.647. The minimum Gasteiger partial charge on any atom is -0.491 e. The Kier molecular flexibility index (Phi) is 7.54. The van der Waals surface area contributed by atoms with Gasteiger partial charge in [0.05, 0.1) is 12.7 Å². The molecule has 0 unspecified atom stereocenters. The van der Waals surface area contributed by atoms with Gasteiger partial charge in [-0.25, -0.2) is 0 Å². The zero-order valence-corrected chi connectivity index (χ0v) is 14.4. The molecule has 0 aliphatic heterocycles. The Labute approximate surface area is 136 Å². The summed E-state index contributed by atoms with van der Waals surface area (Å²) in [6, 6.07) is 8.61. The van der Waals surface area contributed by atoms with Crippen molar-refractivity contribution in [3.05, 3.63) is 28.7 Å². The van der Waals surface area contributed by atoms with E-state index in [1.807, 2.05) is 24.3 Å². The molecule has 1 aliphatic rings. The third kappa shape index (κ3) is 6.37. The molecular formula is C17H26BrNO2. The van der Waals surface area contributed by atoms with Crippen molar-refractivity contribution in [2.24, 2.45) is 0 Å². The summed E-state index contributed by atoms with van der Waals surface area (Å²) in [6.45, 7) is 4.65. The molecule has 21 heavy (non-hydrogen) atoms. The van der Waals surface area contributed by atoms with Crippen LogP contribution in [0.4, 0.5) is 0 Å². The average Bonchev–Trinajstić information content (AvgIpc) is 2.52. The number of nitrogens with one attached hydrogen (secondary N) is 1. The molecule has 4 heteroatoms. The Bertz CT molecular complexity index is 388. The summed E-state index contributed by atoms with van der Waals surface area (Å²) in [5.41, 5.74) is 0. The van der Waals surface area contributed by atoms with E-state index >= 15 is 0 Å². The lowest BCUT2D eigenvalue weighted by Crippen LogP contribution is -2.36. The summed E-state index contributed by atoms with van der Waals surface area (Å²) < 4.78 is 12.7. The second kappa shape index (κ2) is 9.44. The van der Waals surface area contributed by atoms with E-state index in [-0.39, 0.29) is 0 Å². The number of hydrogen-bond donors (Lipinski definition) is 1. The van der Waals surface area contributed by atoms with Crippen molar-refractivity contribution < 1.29 is 9.47 Å². The smallest absolute Gasteiger partial charge is 0.119 e. The molecule has 0 bridgehead atoms. The van der Waals surface area contributed by atoms with E-state index in [4.69, 9.17) is 9.47 Å². The van der Waals surface area contributed by atoms with Gasteiger partial charge in [-0.05, 0) is 62.9 Å². The van der Waals surface area contributed by atoms with Crippen LogP contribution in [0.15, 0.2) is 28.7 Å². The monoisotopic (exact) mass is 355 g/mol. The van der Waals surface area contributed by atoms with Gasteiger partial charge >= 0.3 is 0 Å². The van der Waals surface area contributed by atoms with E-state index in [2.05, 4.69) is 28.2 Å². The van der Waals surface area contributed by atoms with Crippen molar-refractivity contribution in [1.29, 1.82) is 0 Å². The highest BCUT2D eigenvalue weighted by Crippen LogP contribution is 2.21. The molecule has 0 spiro atoms. The summed E-state index contributed by atoms with van der Waals surface area (Å²) in [7, 11) is 0. The topological polar surface area (TPSA) is 30.5 Å². The van der Waals surface area contributed by atoms with Crippen molar-refractivity contribution in [1.82, 2.24) is 5.32 Å². The fourth-order valence-electron chi connectivity index (χ4n) is 2.69. The summed E-state index contributed by atoms with van der Waals surface area (Å²) >= 11 is 3.41. The zero-order valence-electron chi connectivity index (χ0n) is 12.8. The highest BCUT2D eigenvalue weighted by Gasteiger charge is 2.20. The molecule has 118 valence electrons. The van der Waals surface area contributed by atoms with Gasteiger partial charge in [-0.2, -0.15) is 0 Å². The first-order valence-corrected chi connectivity index (χ1v) is 8.80. The maximum Gasteiger partial charge on any atom is 0.119 e. The minimum atomic E-state index is 0.415. The highest BCUT2D eigenvalue weighted by atomic mass is 79.9. The molecule has 1 fully saturated rings. The summed E-state index contributed by atoms with van der Waals surface area (Å²) in [6.07, 6.45) is 6.43. The van der Waals surface area contributed by atoms with Gasteiger partial charge in [0.15, 0.2) is 0 Å². The van der Waals surface area contributed by atoms with Gasteiger partial charge in [-0.15, -0.1) is 0 Å². The fourth-order valence-corrected chi connectivity index (χ4v) is 2.95. The largest absolute Gasteiger partial charge is 0.491 e. The maximum atomic E-state index is 5.92. The van der Waals surface area contributed by atoms with Crippen LogP contribution in [0.1, 0.15) is 39.0 Å². The van der Waals surface area contributed by atoms with Crippen LogP contribution in [0.5, 0.6) is 5.75 Å². The first-order chi connectivity index (χ1) is 10.3. The summed E-state index contributed by atoms with van der Waals surface area (Å²) in [5, 5.41) is 3.60. The number of hydrogen-bond acceptors (Lipinski definition) is 3. The molecule has 0 atom stereocenters. The van der Waals surface area contributed by atoms with Crippen LogP contribution >= 0.6 is 15.9 Å². The van der Waals surface area contributed by atoms with Crippen LogP contribution < -0.4 is 10.1 Å². The molecule has 1 aromatic carbocycles. The molecule has 1 N–H and O–H groups in total. The standard InChI is InChI=1S/C17H26BrNO2/c1-2-11-19-15-5-9-17(10-6-15)21-13-12-20-16-7-3-14(18)4-8-16/h3-4,7-8,15,17,19H,2,5-6,9-13H2,1H3. The van der Waals surface area contributed by atoms with E-state index < -0.39 is 0 Å². The quantitative estimate of drug-likeness (QED) is 0.710. The third-order valence-corrected chi connectivity index (χ3v) is 4.41. The lowest BCUT2D eigenvalue weighted by Gasteiger charge is -2.29. The van der Waals surface area contributed by atoms with Crippen molar-refractivity contribution in [3.8, 4) is 5.75 Å². The van der Waals surface area contributed by atoms with Crippen LogP contribution in [-0.4, -0.2) is 31.9 Å². The molecule has 2 rings (SSSR count). The predicted octanol–water partition coefficient (Wildman–Crippen LogP) is 4.16. The molecule has 0 heterocycles. The molecule has 0 saturated heterocycles. The molecule has 3 nitrogen and oxygen atoms in total. The van der Waals surface area contributed by atoms with E-state index in [1.165, 1.54) is 32.1 Å². The number of ether oxygens (including phenoxy) is 2. The number of benzene rings is 1. The van der Waals surface area contributed by atoms with Gasteiger partial charge in [0, 0.05) is 10.5 Å². The normalized spacial score (nSPS) is 22.2. The molecule has 1 aliphatic carbocycles. The Balaban J connectivity index is 1.54. The average molecular weight is 356 g/mol. The number of rotatable bonds is 8. The van der Waals surface area contributed by atoms with Crippen molar-refractivity contribution >= 4 is 15.9 Å². The summed E-state index contributed by atoms with van der Waals surface area (Å²) in [4.78, 5) is 0. The van der Waals surface area contributed by atoms with Gasteiger partial charge in [0.2, 0.25) is 0 Å². The number of halogens is 1. The van der Waals surface area contributed by atoms with Crippen LogP contribution in [0.25, 0.3) is 0 Å². The van der Waals surface area contributed by atoms with Crippen molar-refractivity contribution in [3.63, 3.8) is 0 Å². The van der Waals surface area contributed by atoms with Crippen molar-refractivity contribution in [2.75, 3.05) is 19.8 Å². The highest BCUT2D eigenvalue weighted by molar-refractivity contribution is 9.10. The second-order valence-corrected chi connectivity index (χ2v) is 6.52. The second-order valence-electron chi connectivity index (χ2n) is 5.60. The van der Waals surface area contributed by atoms with Gasteiger partial charge in [-0.1, -0.05) is 22.9 Å². The molecule has 0 radical (unpaired) electrons. The summed E-state index contributed by atoms with van der Waals surface area (Å²) in [5.74, 6) is 0.897. The first-order valence-electron chi connectivity index (χ1n) is 8.01. The Morgan fingerprint density at radius 2 is 1.81 bits per heavy atom. The van der Waals surface area contributed by atoms with Gasteiger partial charge in [-0.3, -0.25) is 0 Å². The SMILES string of the molecule is CCCNC1CCC(OCCOc2ccc(Br)cc2)CC1. The lowest BCUT2D eigenvalue weighted by atomic mass is 9.93. The van der Waals surface area contributed by atoms with E-state index in [1.54, 1.807) is 0 Å². The molecular weight excluding hydrogens is 330 g/mol. The van der Waals surface area contributed by atoms with Gasteiger partial charge < -0.3 is 14.8 Å².